The summed E-state index contributed by atoms with van der Waals surface area (Å²) in [4.78, 5) is 128. The number of nitrogens with one attached hydrogen (secondary N) is 5. The van der Waals surface area contributed by atoms with E-state index in [-0.39, 0.29) is 85.8 Å². The molecule has 0 aromatic heterocycles. The van der Waals surface area contributed by atoms with E-state index in [4.69, 9.17) is 33.3 Å². The first kappa shape index (κ1) is 64.9. The van der Waals surface area contributed by atoms with Gasteiger partial charge in [0.25, 0.3) is 5.97 Å². The molecule has 5 amide bonds. The molecule has 0 bridgehead atoms. The highest BCUT2D eigenvalue weighted by atomic mass is 31.0. The lowest BCUT2D eigenvalue weighted by Gasteiger charge is -1.98. The van der Waals surface area contributed by atoms with Crippen LogP contribution in [-0.4, -0.2) is 133 Å². The third-order valence-electron chi connectivity index (χ3n) is 4.44. The summed E-state index contributed by atoms with van der Waals surface area (Å²) in [6.45, 7) is 14.7. The first-order chi connectivity index (χ1) is 27.6. The Morgan fingerprint density at radius 1 is 0.483 bits per heavy atom. The van der Waals surface area contributed by atoms with E-state index < -0.39 is 42.7 Å². The van der Waals surface area contributed by atoms with Crippen molar-refractivity contribution in [2.45, 2.75) is 101 Å². The number of aliphatic carboxylic acids is 3. The van der Waals surface area contributed by atoms with Gasteiger partial charge >= 0.3 is 17.9 Å². The summed E-state index contributed by atoms with van der Waals surface area (Å²) in [5, 5.41) is 35.8. The van der Waals surface area contributed by atoms with Crippen molar-refractivity contribution in [3.05, 3.63) is 0 Å². The molecule has 23 nitrogen and oxygen atoms in total. The summed E-state index contributed by atoms with van der Waals surface area (Å²) in [5.74, 6) is -3.46. The number of ketones is 3. The zero-order valence-corrected chi connectivity index (χ0v) is 36.7. The van der Waals surface area contributed by atoms with Crippen LogP contribution in [-0.2, 0) is 62.1 Å². The predicted molar refractivity (Wildman–Crippen MR) is 219 cm³/mol. The molecule has 0 spiro atoms. The maximum Gasteiger partial charge on any atom is 0.309 e. The van der Waals surface area contributed by atoms with Gasteiger partial charge in [-0.1, -0.05) is 0 Å². The van der Waals surface area contributed by atoms with Gasteiger partial charge in [-0.3, -0.25) is 57.5 Å². The molecule has 0 saturated carbocycles. The summed E-state index contributed by atoms with van der Waals surface area (Å²) in [6, 6.07) is 0. The fourth-order valence-corrected chi connectivity index (χ4v) is 2.22. The maximum atomic E-state index is 10.5. The molecule has 58 heavy (non-hydrogen) atoms. The SMILES string of the molecule is CC(=O)CCN.CC(=O)CCNC(C)=O.CC(=O)CCNC(C)=O.CC(=O)NCCC(=O)O.CC(=O)NCCC(=O)O.CC(=O)O.[2H]PO.[2H]POC(=O)CCNC(C)=O. The van der Waals surface area contributed by atoms with Crippen molar-refractivity contribution in [3.8, 4) is 0 Å². The van der Waals surface area contributed by atoms with Crippen LogP contribution in [0.3, 0.4) is 0 Å². The van der Waals surface area contributed by atoms with E-state index in [2.05, 4.69) is 31.1 Å². The molecule has 0 aliphatic carbocycles. The number of Topliss-reactive ketones (excluding diaryl/α,β-unsaturated/α-hetero) is 3. The standard InChI is InChI=1S/2C6H11NO2.C5H10NO3P.2C5H9NO3.C4H9NO.C2H4O2.H3OP/c2*1-5(8)3-4-7-6(2)9;1-4(7)6-3-2-5(8)9-10;2*1-4(7)6-3-2-5(8)9;1-4(6)2-3-5;1-2(3)4;1-2/h2*3-4H2,1-2H3,(H,7,9);2-3,10H2,1H3,(H,6,7);2*2-3H2,1H3,(H,6,7)(H,8,9);2-3,5H2,1H3;1H3,(H,3,4);1H,2H2/i;;10D;;;;;2D. The Bertz CT molecular complexity index is 1070. The number of rotatable bonds is 18. The second kappa shape index (κ2) is 56.4. The summed E-state index contributed by atoms with van der Waals surface area (Å²) < 4.78 is 16.7. The van der Waals surface area contributed by atoms with Gasteiger partial charge in [0.2, 0.25) is 29.5 Å². The Morgan fingerprint density at radius 2 is 0.707 bits per heavy atom. The largest absolute Gasteiger partial charge is 0.481 e. The number of carbonyl (C=O) groups excluding carboxylic acids is 9. The molecule has 0 aromatic carbocycles. The average molecular weight is 883 g/mol. The minimum Gasteiger partial charge on any atom is -0.481 e. The summed E-state index contributed by atoms with van der Waals surface area (Å²) >= 11 is 0. The average Bonchev–Trinajstić information content (AvgIpc) is 3.05. The van der Waals surface area contributed by atoms with Crippen LogP contribution in [0.2, 0.25) is 0 Å². The molecule has 0 aromatic rings. The number of carboxylic acids is 3. The molecule has 2 unspecified atom stereocenters. The Balaban J connectivity index is -0.0000000878. The van der Waals surface area contributed by atoms with Crippen molar-refractivity contribution in [2.24, 2.45) is 5.73 Å². The molecule has 0 heterocycles. The van der Waals surface area contributed by atoms with Crippen LogP contribution in [0.15, 0.2) is 0 Å². The minimum atomic E-state index is -0.899. The zero-order valence-electron chi connectivity index (χ0n) is 36.7. The monoisotopic (exact) mass is 882 g/mol. The van der Waals surface area contributed by atoms with Gasteiger partial charge in [-0.05, 0) is 36.7 Å². The molecule has 25 heteroatoms. The topological polar surface area (TPSA) is 381 Å². The smallest absolute Gasteiger partial charge is 0.309 e. The molecular formula is C33H66N6O17P2. The Kier molecular flexibility index (Phi) is 63.1. The lowest BCUT2D eigenvalue weighted by Crippen LogP contribution is -2.22. The first-order valence-corrected chi connectivity index (χ1v) is 17.7. The molecular weight excluding hydrogens is 814 g/mol. The van der Waals surface area contributed by atoms with E-state index in [1.165, 1.54) is 55.4 Å². The van der Waals surface area contributed by atoms with Crippen molar-refractivity contribution < 1.29 is 82.3 Å². The lowest BCUT2D eigenvalue weighted by atomic mass is 10.3. The first-order valence-electron chi connectivity index (χ1n) is 17.8. The van der Waals surface area contributed by atoms with Crippen molar-refractivity contribution in [1.29, 1.82) is 2.56 Å². The Labute approximate surface area is 346 Å². The quantitative estimate of drug-likeness (QED) is 0.0740. The lowest BCUT2D eigenvalue weighted by molar-refractivity contribution is -0.138. The van der Waals surface area contributed by atoms with Gasteiger partial charge in [0, 0.05) is 93.5 Å². The van der Waals surface area contributed by atoms with Crippen LogP contribution in [0.25, 0.3) is 0 Å². The van der Waals surface area contributed by atoms with Gasteiger partial charge in [-0.25, -0.2) is 0 Å². The van der Waals surface area contributed by atoms with Crippen molar-refractivity contribution in [3.63, 3.8) is 0 Å². The van der Waals surface area contributed by atoms with Crippen molar-refractivity contribution >= 4 is 89.6 Å². The zero-order chi connectivity index (χ0) is 49.1. The van der Waals surface area contributed by atoms with Crippen molar-refractivity contribution in [2.75, 3.05) is 39.3 Å². The maximum absolute atomic E-state index is 10.5. The molecule has 0 fully saturated rings. The second-order valence-corrected chi connectivity index (χ2v) is 10.8. The summed E-state index contributed by atoms with van der Waals surface area (Å²) in [6.07, 6.45) is 1.48. The number of carbonyl (C=O) groups is 12. The minimum absolute atomic E-state index is 0.0143. The highest BCUT2D eigenvalue weighted by Gasteiger charge is 1.99. The van der Waals surface area contributed by atoms with E-state index in [1.807, 2.05) is 0 Å². The van der Waals surface area contributed by atoms with E-state index in [0.717, 1.165) is 6.92 Å². The number of nitrogens with two attached hydrogens (primary N) is 1. The number of hydrogen-bond donors (Lipinski definition) is 10. The number of hydrogen-bond acceptors (Lipinski definition) is 15. The summed E-state index contributed by atoms with van der Waals surface area (Å²) in [5.41, 5.74) is 5.01. The third kappa shape index (κ3) is 142. The number of amides is 5. The molecule has 340 valence electrons. The summed E-state index contributed by atoms with van der Waals surface area (Å²) in [7, 11) is -1.24. The van der Waals surface area contributed by atoms with Gasteiger partial charge in [-0.2, -0.15) is 0 Å². The van der Waals surface area contributed by atoms with Crippen molar-refractivity contribution in [1.82, 2.24) is 26.6 Å². The van der Waals surface area contributed by atoms with E-state index in [1.54, 1.807) is 0 Å². The fraction of sp³-hybridized carbons (Fsp3) is 0.636. The second-order valence-electron chi connectivity index (χ2n) is 10.6. The highest BCUT2D eigenvalue weighted by Crippen LogP contribution is 1.90. The Morgan fingerprint density at radius 3 is 0.862 bits per heavy atom. The van der Waals surface area contributed by atoms with Crippen LogP contribution < -0.4 is 32.3 Å². The fourth-order valence-electron chi connectivity index (χ4n) is 2.11. The molecule has 0 rings (SSSR count). The van der Waals surface area contributed by atoms with Crippen LogP contribution in [0.1, 0.15) is 101 Å². The van der Waals surface area contributed by atoms with Crippen LogP contribution in [0, 0.1) is 0 Å². The third-order valence-corrected chi connectivity index (χ3v) is 4.67. The van der Waals surface area contributed by atoms with Gasteiger partial charge < -0.3 is 57.1 Å². The van der Waals surface area contributed by atoms with E-state index in [0.29, 0.717) is 38.9 Å². The van der Waals surface area contributed by atoms with Crippen LogP contribution in [0.5, 0.6) is 0 Å². The predicted octanol–water partition coefficient (Wildman–Crippen LogP) is -0.973. The molecule has 0 radical (unpaired) electrons. The van der Waals surface area contributed by atoms with E-state index in [9.17, 15) is 52.7 Å². The van der Waals surface area contributed by atoms with E-state index >= 15 is 0 Å². The van der Waals surface area contributed by atoms with Crippen LogP contribution in [0.4, 0.5) is 0 Å². The van der Waals surface area contributed by atoms with Gasteiger partial charge in [0.15, 0.2) is 0 Å². The molecule has 11 N–H and O–H groups in total. The van der Waals surface area contributed by atoms with Crippen LogP contribution >= 0.6 is 18.8 Å². The van der Waals surface area contributed by atoms with Gasteiger partial charge in [0.1, 0.15) is 17.3 Å². The molecule has 0 saturated heterocycles. The highest BCUT2D eigenvalue weighted by molar-refractivity contribution is 7.10. The normalized spacial score (nSPS) is 9.09. The Hall–Kier alpha value is -4.98. The molecule has 2 atom stereocenters. The van der Waals surface area contributed by atoms with Gasteiger partial charge in [0.05, 0.1) is 31.2 Å². The molecule has 0 aliphatic heterocycles. The van der Waals surface area contributed by atoms with Gasteiger partial charge in [-0.15, -0.1) is 0 Å². The molecule has 0 aliphatic rings. The number of carboxylic acid groups (broad SMARTS) is 3.